The fraction of sp³-hybridized carbons (Fsp3) is 0.529. The number of amides is 2. The molecule has 2 rings (SSSR count). The van der Waals surface area contributed by atoms with Crippen LogP contribution in [0.4, 0.5) is 5.69 Å². The second kappa shape index (κ2) is 7.40. The first-order chi connectivity index (χ1) is 10.5. The molecule has 0 saturated carbocycles. The second-order valence-electron chi connectivity index (χ2n) is 5.96. The van der Waals surface area contributed by atoms with Gasteiger partial charge in [-0.1, -0.05) is 25.1 Å². The Hall–Kier alpha value is -1.88. The van der Waals surface area contributed by atoms with E-state index in [0.717, 1.165) is 30.0 Å². The molecule has 2 N–H and O–H groups in total. The Labute approximate surface area is 132 Å². The fourth-order valence-electron chi connectivity index (χ4n) is 2.74. The van der Waals surface area contributed by atoms with Crippen molar-refractivity contribution in [1.29, 1.82) is 0 Å². The highest BCUT2D eigenvalue weighted by molar-refractivity contribution is 5.98. The minimum absolute atomic E-state index is 0.000761. The molecular weight excluding hydrogens is 278 g/mol. The van der Waals surface area contributed by atoms with Gasteiger partial charge in [0.05, 0.1) is 7.05 Å². The Morgan fingerprint density at radius 2 is 2.09 bits per heavy atom. The summed E-state index contributed by atoms with van der Waals surface area (Å²) in [7, 11) is 1.90. The summed E-state index contributed by atoms with van der Waals surface area (Å²) in [5, 5.41) is 2.86. The van der Waals surface area contributed by atoms with Gasteiger partial charge in [-0.25, -0.2) is 0 Å². The van der Waals surface area contributed by atoms with E-state index in [0.29, 0.717) is 13.1 Å². The summed E-state index contributed by atoms with van der Waals surface area (Å²) in [6, 6.07) is 7.80. The monoisotopic (exact) mass is 304 g/mol. The molecule has 0 bridgehead atoms. The molecule has 1 aromatic rings. The number of fused-ring (bicyclic) bond motifs is 1. The van der Waals surface area contributed by atoms with Gasteiger partial charge in [-0.3, -0.25) is 9.59 Å². The minimum Gasteiger partial charge on any atom is -0.351 e. The van der Waals surface area contributed by atoms with Crippen LogP contribution in [-0.4, -0.2) is 44.5 Å². The van der Waals surface area contributed by atoms with Crippen molar-refractivity contribution in [2.24, 2.45) is 0 Å². The van der Waals surface area contributed by atoms with Crippen LogP contribution in [0.5, 0.6) is 0 Å². The quantitative estimate of drug-likeness (QED) is 0.778. The van der Waals surface area contributed by atoms with Crippen molar-refractivity contribution in [2.45, 2.75) is 32.7 Å². The molecule has 0 fully saturated rings. The van der Waals surface area contributed by atoms with E-state index in [9.17, 15) is 9.59 Å². The zero-order valence-electron chi connectivity index (χ0n) is 13.7. The first-order valence-electron chi connectivity index (χ1n) is 8.03. The molecule has 1 unspecified atom stereocenters. The van der Waals surface area contributed by atoms with Gasteiger partial charge in [-0.15, -0.1) is 0 Å². The van der Waals surface area contributed by atoms with Crippen LogP contribution in [0, 0.1) is 0 Å². The molecule has 120 valence electrons. The van der Waals surface area contributed by atoms with E-state index in [1.807, 2.05) is 44.0 Å². The van der Waals surface area contributed by atoms with Crippen molar-refractivity contribution in [1.82, 2.24) is 5.32 Å². The van der Waals surface area contributed by atoms with Crippen molar-refractivity contribution in [3.05, 3.63) is 29.8 Å². The number of nitrogens with zero attached hydrogens (tertiary/aromatic N) is 1. The largest absolute Gasteiger partial charge is 0.351 e. The fourth-order valence-corrected chi connectivity index (χ4v) is 2.74. The molecule has 1 aromatic carbocycles. The molecule has 0 aliphatic carbocycles. The Morgan fingerprint density at radius 3 is 2.82 bits per heavy atom. The number of nitrogens with one attached hydrogen (secondary N) is 2. The summed E-state index contributed by atoms with van der Waals surface area (Å²) in [5.41, 5.74) is 2.24. The predicted molar refractivity (Wildman–Crippen MR) is 87.0 cm³/mol. The topological polar surface area (TPSA) is 53.9 Å². The lowest BCUT2D eigenvalue weighted by Gasteiger charge is -2.25. The molecule has 0 spiro atoms. The van der Waals surface area contributed by atoms with Crippen LogP contribution in [0.1, 0.15) is 25.8 Å². The predicted octanol–water partition coefficient (Wildman–Crippen LogP) is 0.00510. The summed E-state index contributed by atoms with van der Waals surface area (Å²) in [6.07, 6.45) is 1.83. The van der Waals surface area contributed by atoms with Crippen molar-refractivity contribution in [3.63, 3.8) is 0 Å². The van der Waals surface area contributed by atoms with Gasteiger partial charge in [-0.05, 0) is 31.4 Å². The maximum atomic E-state index is 12.7. The van der Waals surface area contributed by atoms with Crippen molar-refractivity contribution >= 4 is 17.5 Å². The van der Waals surface area contributed by atoms with Gasteiger partial charge in [0.25, 0.3) is 11.8 Å². The van der Waals surface area contributed by atoms with Gasteiger partial charge >= 0.3 is 0 Å². The average Bonchev–Trinajstić information content (AvgIpc) is 2.95. The SMILES string of the molecule is CCCNC(=O)C[NH+](C)[C@H](C)C(=O)N1CCc2ccccc21. The first kappa shape index (κ1) is 16.5. The number of hydrogen-bond donors (Lipinski definition) is 2. The van der Waals surface area contributed by atoms with Gasteiger partial charge in [-0.2, -0.15) is 0 Å². The van der Waals surface area contributed by atoms with Crippen LogP contribution in [-0.2, 0) is 16.0 Å². The van der Waals surface area contributed by atoms with E-state index < -0.39 is 0 Å². The maximum Gasteiger partial charge on any atom is 0.284 e. The summed E-state index contributed by atoms with van der Waals surface area (Å²) >= 11 is 0. The minimum atomic E-state index is -0.237. The Bertz CT molecular complexity index is 544. The third-order valence-electron chi connectivity index (χ3n) is 4.27. The maximum absolute atomic E-state index is 12.7. The molecule has 2 amide bonds. The second-order valence-corrected chi connectivity index (χ2v) is 5.96. The molecule has 5 nitrogen and oxygen atoms in total. The highest BCUT2D eigenvalue weighted by Gasteiger charge is 2.32. The van der Waals surface area contributed by atoms with Crippen molar-refractivity contribution < 1.29 is 14.5 Å². The number of likely N-dealkylation sites (N-methyl/N-ethyl adjacent to an activating group) is 1. The smallest absolute Gasteiger partial charge is 0.284 e. The third-order valence-corrected chi connectivity index (χ3v) is 4.27. The molecule has 1 aliphatic rings. The Kier molecular flexibility index (Phi) is 5.55. The number of quaternary nitrogens is 1. The summed E-state index contributed by atoms with van der Waals surface area (Å²) in [4.78, 5) is 27.3. The lowest BCUT2D eigenvalue weighted by molar-refractivity contribution is -0.885. The summed E-state index contributed by atoms with van der Waals surface area (Å²) < 4.78 is 0. The number of hydrogen-bond acceptors (Lipinski definition) is 2. The van der Waals surface area contributed by atoms with Crippen LogP contribution in [0.3, 0.4) is 0 Å². The van der Waals surface area contributed by atoms with E-state index in [-0.39, 0.29) is 17.9 Å². The summed E-state index contributed by atoms with van der Waals surface area (Å²) in [6.45, 7) is 5.66. The van der Waals surface area contributed by atoms with Gasteiger partial charge in [0.1, 0.15) is 0 Å². The Balaban J connectivity index is 1.96. The molecule has 1 aliphatic heterocycles. The van der Waals surface area contributed by atoms with Gasteiger partial charge in [0.2, 0.25) is 0 Å². The van der Waals surface area contributed by atoms with Crippen LogP contribution in [0.25, 0.3) is 0 Å². The number of carbonyl (C=O) groups excluding carboxylic acids is 2. The molecular formula is C17H26N3O2+. The van der Waals surface area contributed by atoms with Crippen LogP contribution in [0.2, 0.25) is 0 Å². The van der Waals surface area contributed by atoms with Crippen molar-refractivity contribution in [3.8, 4) is 0 Å². The molecule has 22 heavy (non-hydrogen) atoms. The lowest BCUT2D eigenvalue weighted by atomic mass is 10.2. The van der Waals surface area contributed by atoms with Crippen LogP contribution in [0.15, 0.2) is 24.3 Å². The standard InChI is InChI=1S/C17H25N3O2/c1-4-10-18-16(21)12-19(3)13(2)17(22)20-11-9-14-7-5-6-8-15(14)20/h5-8,13H,4,9-12H2,1-3H3,(H,18,21)/p+1/t13-/m1/s1. The molecule has 0 saturated heterocycles. The van der Waals surface area contributed by atoms with E-state index in [1.165, 1.54) is 5.56 Å². The molecule has 5 heteroatoms. The van der Waals surface area contributed by atoms with Crippen LogP contribution >= 0.6 is 0 Å². The Morgan fingerprint density at radius 1 is 1.36 bits per heavy atom. The normalized spacial score (nSPS) is 16.0. The van der Waals surface area contributed by atoms with E-state index >= 15 is 0 Å². The number of para-hydroxylation sites is 1. The lowest BCUT2D eigenvalue weighted by Crippen LogP contribution is -3.15. The van der Waals surface area contributed by atoms with E-state index in [4.69, 9.17) is 0 Å². The van der Waals surface area contributed by atoms with Gasteiger partial charge < -0.3 is 15.1 Å². The molecule has 0 aromatic heterocycles. The van der Waals surface area contributed by atoms with E-state index in [1.54, 1.807) is 0 Å². The molecule has 1 heterocycles. The number of rotatable bonds is 6. The van der Waals surface area contributed by atoms with E-state index in [2.05, 4.69) is 11.4 Å². The van der Waals surface area contributed by atoms with Gasteiger partial charge in [0, 0.05) is 18.8 Å². The molecule has 0 radical (unpaired) electrons. The zero-order chi connectivity index (χ0) is 16.1. The van der Waals surface area contributed by atoms with Crippen LogP contribution < -0.4 is 15.1 Å². The third kappa shape index (κ3) is 3.65. The highest BCUT2D eigenvalue weighted by Crippen LogP contribution is 2.27. The average molecular weight is 304 g/mol. The molecule has 2 atom stereocenters. The highest BCUT2D eigenvalue weighted by atomic mass is 16.2. The summed E-state index contributed by atoms with van der Waals surface area (Å²) in [5.74, 6) is 0.0894. The number of carbonyl (C=O) groups is 2. The number of anilines is 1. The first-order valence-corrected chi connectivity index (χ1v) is 8.03. The number of benzene rings is 1. The van der Waals surface area contributed by atoms with Gasteiger partial charge in [0.15, 0.2) is 12.6 Å². The van der Waals surface area contributed by atoms with Crippen molar-refractivity contribution in [2.75, 3.05) is 31.6 Å². The zero-order valence-corrected chi connectivity index (χ0v) is 13.7.